The summed E-state index contributed by atoms with van der Waals surface area (Å²) >= 11 is 3.09. The highest BCUT2D eigenvalue weighted by Gasteiger charge is 2.15. The fraction of sp³-hybridized carbons (Fsp3) is 0.0909. The summed E-state index contributed by atoms with van der Waals surface area (Å²) in [5.74, 6) is 0.730. The smallest absolute Gasteiger partial charge is 0.166 e. The normalized spacial score (nSPS) is 11.0. The van der Waals surface area contributed by atoms with Crippen LogP contribution in [0.1, 0.15) is 5.56 Å². The fourth-order valence-corrected chi connectivity index (χ4v) is 4.29. The van der Waals surface area contributed by atoms with Crippen molar-refractivity contribution in [1.82, 2.24) is 15.0 Å². The molecule has 0 saturated heterocycles. The molecule has 0 unspecified atom stereocenters. The van der Waals surface area contributed by atoms with Gasteiger partial charge in [0.25, 0.3) is 0 Å². The predicted molar refractivity (Wildman–Crippen MR) is 117 cm³/mol. The summed E-state index contributed by atoms with van der Waals surface area (Å²) in [5.41, 5.74) is 4.55. The van der Waals surface area contributed by atoms with Gasteiger partial charge in [-0.2, -0.15) is 0 Å². The van der Waals surface area contributed by atoms with Crippen LogP contribution in [0.2, 0.25) is 0 Å². The molecular formula is C22H18FN3OS2. The van der Waals surface area contributed by atoms with Crippen molar-refractivity contribution in [2.75, 3.05) is 6.26 Å². The number of rotatable bonds is 6. The number of hydrogen-bond acceptors (Lipinski definition) is 5. The number of aromatic nitrogens is 3. The van der Waals surface area contributed by atoms with E-state index in [4.69, 9.17) is 4.98 Å². The molecule has 2 aromatic heterocycles. The van der Waals surface area contributed by atoms with Crippen molar-refractivity contribution in [3.8, 4) is 28.3 Å². The Morgan fingerprint density at radius 2 is 1.76 bits per heavy atom. The van der Waals surface area contributed by atoms with Crippen LogP contribution in [0.3, 0.4) is 0 Å². The number of nitrogens with one attached hydrogen (secondary N) is 1. The van der Waals surface area contributed by atoms with E-state index >= 15 is 0 Å². The molecule has 0 aliphatic rings. The minimum absolute atomic E-state index is 0.273. The molecule has 0 fully saturated rings. The molecular weight excluding hydrogens is 405 g/mol. The van der Waals surface area contributed by atoms with Crippen LogP contribution in [-0.2, 0) is 5.75 Å². The molecule has 29 heavy (non-hydrogen) atoms. The summed E-state index contributed by atoms with van der Waals surface area (Å²) < 4.78 is 13.4. The van der Waals surface area contributed by atoms with E-state index in [-0.39, 0.29) is 5.82 Å². The summed E-state index contributed by atoms with van der Waals surface area (Å²) in [6, 6.07) is 15.8. The summed E-state index contributed by atoms with van der Waals surface area (Å²) in [6.45, 7) is 0. The van der Waals surface area contributed by atoms with Gasteiger partial charge in [-0.25, -0.2) is 9.37 Å². The van der Waals surface area contributed by atoms with Gasteiger partial charge in [0.05, 0.1) is 11.4 Å². The highest BCUT2D eigenvalue weighted by Crippen LogP contribution is 2.34. The summed E-state index contributed by atoms with van der Waals surface area (Å²) in [5, 5.41) is 10.6. The Hall–Kier alpha value is -2.77. The van der Waals surface area contributed by atoms with E-state index in [0.29, 0.717) is 11.5 Å². The van der Waals surface area contributed by atoms with Crippen LogP contribution in [0.25, 0.3) is 22.5 Å². The molecule has 0 bridgehead atoms. The van der Waals surface area contributed by atoms with Gasteiger partial charge in [-0.3, -0.25) is 4.98 Å². The Morgan fingerprint density at radius 3 is 2.48 bits per heavy atom. The number of hydrogen-bond donors (Lipinski definition) is 2. The minimum Gasteiger partial charge on any atom is -0.507 e. The third-order valence-electron chi connectivity index (χ3n) is 4.39. The first-order chi connectivity index (χ1) is 14.1. The Bertz CT molecular complexity index is 1110. The average Bonchev–Trinajstić information content (AvgIpc) is 3.18. The van der Waals surface area contributed by atoms with Gasteiger partial charge in [0, 0.05) is 34.2 Å². The first kappa shape index (κ1) is 19.5. The Morgan fingerprint density at radius 1 is 1.00 bits per heavy atom. The van der Waals surface area contributed by atoms with Crippen molar-refractivity contribution in [3.63, 3.8) is 0 Å². The predicted octanol–water partition coefficient (Wildman–Crippen LogP) is 6.00. The van der Waals surface area contributed by atoms with Crippen LogP contribution in [0.5, 0.6) is 5.75 Å². The summed E-state index contributed by atoms with van der Waals surface area (Å²) in [4.78, 5) is 13.1. The van der Waals surface area contributed by atoms with Gasteiger partial charge in [-0.05, 0) is 60.4 Å². The van der Waals surface area contributed by atoms with E-state index in [1.54, 1.807) is 42.4 Å². The maximum absolute atomic E-state index is 13.4. The van der Waals surface area contributed by atoms with E-state index in [1.807, 2.05) is 30.5 Å². The van der Waals surface area contributed by atoms with E-state index in [2.05, 4.69) is 9.97 Å². The third kappa shape index (κ3) is 4.46. The number of aromatic hydroxyl groups is 1. The van der Waals surface area contributed by atoms with Gasteiger partial charge in [0.1, 0.15) is 11.6 Å². The molecule has 2 N–H and O–H groups in total. The number of H-pyrrole nitrogens is 1. The van der Waals surface area contributed by atoms with Crippen molar-refractivity contribution in [2.24, 2.45) is 0 Å². The van der Waals surface area contributed by atoms with Crippen LogP contribution in [0, 0.1) is 5.82 Å². The lowest BCUT2D eigenvalue weighted by Crippen LogP contribution is -1.84. The highest BCUT2D eigenvalue weighted by molar-refractivity contribution is 7.99. The third-order valence-corrected chi connectivity index (χ3v) is 6.10. The van der Waals surface area contributed by atoms with Gasteiger partial charge in [0.15, 0.2) is 5.16 Å². The van der Waals surface area contributed by atoms with Crippen molar-refractivity contribution >= 4 is 23.5 Å². The second-order valence-corrected chi connectivity index (χ2v) is 8.12. The number of thioether (sulfide) groups is 2. The minimum atomic E-state index is -0.273. The topological polar surface area (TPSA) is 61.8 Å². The van der Waals surface area contributed by atoms with Crippen LogP contribution >= 0.6 is 23.5 Å². The zero-order valence-electron chi connectivity index (χ0n) is 15.6. The zero-order valence-corrected chi connectivity index (χ0v) is 17.2. The fourth-order valence-electron chi connectivity index (χ4n) is 2.93. The molecule has 0 saturated carbocycles. The number of halogens is 1. The van der Waals surface area contributed by atoms with Crippen molar-refractivity contribution in [1.29, 1.82) is 0 Å². The van der Waals surface area contributed by atoms with Gasteiger partial charge >= 0.3 is 0 Å². The molecule has 4 nitrogen and oxygen atoms in total. The number of aromatic amines is 1. The average molecular weight is 424 g/mol. The first-order valence-electron chi connectivity index (χ1n) is 8.89. The van der Waals surface area contributed by atoms with Gasteiger partial charge in [-0.1, -0.05) is 17.8 Å². The number of phenolic OH excluding ortho intramolecular Hbond substituents is 1. The van der Waals surface area contributed by atoms with E-state index in [0.717, 1.165) is 38.1 Å². The largest absolute Gasteiger partial charge is 0.507 e. The van der Waals surface area contributed by atoms with Gasteiger partial charge in [0.2, 0.25) is 0 Å². The van der Waals surface area contributed by atoms with Crippen LogP contribution in [-0.4, -0.2) is 26.3 Å². The maximum Gasteiger partial charge on any atom is 0.166 e. The number of benzene rings is 2. The Labute approximate surface area is 176 Å². The second-order valence-electron chi connectivity index (χ2n) is 6.30. The van der Waals surface area contributed by atoms with E-state index in [1.165, 1.54) is 23.9 Å². The van der Waals surface area contributed by atoms with Crippen molar-refractivity contribution < 1.29 is 9.50 Å². The number of pyridine rings is 1. The number of phenols is 1. The van der Waals surface area contributed by atoms with E-state index in [9.17, 15) is 9.50 Å². The first-order valence-corrected chi connectivity index (χ1v) is 11.1. The zero-order chi connectivity index (χ0) is 20.2. The second kappa shape index (κ2) is 8.71. The van der Waals surface area contributed by atoms with Crippen molar-refractivity contribution in [2.45, 2.75) is 15.8 Å². The Balaban J connectivity index is 1.65. The molecule has 7 heteroatoms. The van der Waals surface area contributed by atoms with Crippen LogP contribution in [0.15, 0.2) is 77.0 Å². The van der Waals surface area contributed by atoms with Gasteiger partial charge < -0.3 is 10.1 Å². The lowest BCUT2D eigenvalue weighted by molar-refractivity contribution is 0.462. The molecule has 0 aliphatic heterocycles. The molecule has 2 aromatic carbocycles. The standard InChI is InChI=1S/C22H18FN3OS2/c1-28-19-12-14(2-7-18(19)27)13-29-22-25-20(15-3-5-17(23)6-4-15)21(26-22)16-8-10-24-11-9-16/h2-12,27H,13H2,1H3,(H,25,26). The molecule has 0 atom stereocenters. The lowest BCUT2D eigenvalue weighted by atomic mass is 10.1. The SMILES string of the molecule is CSc1cc(CSc2nc(-c3ccncc3)c(-c3ccc(F)cc3)[nH]2)ccc1O. The van der Waals surface area contributed by atoms with Crippen LogP contribution < -0.4 is 0 Å². The monoisotopic (exact) mass is 423 g/mol. The number of imidazole rings is 1. The lowest BCUT2D eigenvalue weighted by Gasteiger charge is -2.04. The molecule has 0 spiro atoms. The molecule has 0 amide bonds. The summed E-state index contributed by atoms with van der Waals surface area (Å²) in [7, 11) is 0. The van der Waals surface area contributed by atoms with Crippen molar-refractivity contribution in [3.05, 3.63) is 78.4 Å². The maximum atomic E-state index is 13.4. The van der Waals surface area contributed by atoms with E-state index < -0.39 is 0 Å². The highest BCUT2D eigenvalue weighted by atomic mass is 32.2. The molecule has 0 radical (unpaired) electrons. The molecule has 146 valence electrons. The molecule has 4 rings (SSSR count). The Kier molecular flexibility index (Phi) is 5.87. The van der Waals surface area contributed by atoms with Gasteiger partial charge in [-0.15, -0.1) is 11.8 Å². The molecule has 2 heterocycles. The summed E-state index contributed by atoms with van der Waals surface area (Å²) in [6.07, 6.45) is 5.39. The molecule has 4 aromatic rings. The number of nitrogens with zero attached hydrogens (tertiary/aromatic N) is 2. The van der Waals surface area contributed by atoms with Crippen LogP contribution in [0.4, 0.5) is 4.39 Å². The molecule has 0 aliphatic carbocycles. The quantitative estimate of drug-likeness (QED) is 0.373.